The van der Waals surface area contributed by atoms with Gasteiger partial charge in [0.2, 0.25) is 4.60 Å². The molecule has 7 nitrogen and oxygen atoms in total. The standard InChI is InChI=1S/C6H6BrClN4O3/c7-3-6(12(14)15)11-4(8)5(10-3)9-1-2-13/h13H,1-2H2,(H,9,10). The van der Waals surface area contributed by atoms with Crippen molar-refractivity contribution in [1.29, 1.82) is 0 Å². The van der Waals surface area contributed by atoms with Crippen molar-refractivity contribution < 1.29 is 10.0 Å². The normalized spacial score (nSPS) is 10.1. The Labute approximate surface area is 97.8 Å². The molecule has 15 heavy (non-hydrogen) atoms. The number of aliphatic hydroxyl groups is 1. The van der Waals surface area contributed by atoms with Crippen LogP contribution in [-0.2, 0) is 0 Å². The second kappa shape index (κ2) is 5.19. The van der Waals surface area contributed by atoms with Crippen LogP contribution in [0.5, 0.6) is 0 Å². The first kappa shape index (κ1) is 12.1. The Morgan fingerprint density at radius 2 is 2.27 bits per heavy atom. The van der Waals surface area contributed by atoms with E-state index in [4.69, 9.17) is 16.7 Å². The molecular weight excluding hydrogens is 291 g/mol. The van der Waals surface area contributed by atoms with Crippen LogP contribution >= 0.6 is 27.5 Å². The first-order valence-corrected chi connectivity index (χ1v) is 4.95. The fraction of sp³-hybridized carbons (Fsp3) is 0.333. The van der Waals surface area contributed by atoms with Gasteiger partial charge in [0, 0.05) is 6.54 Å². The van der Waals surface area contributed by atoms with Crippen molar-refractivity contribution in [2.75, 3.05) is 18.5 Å². The van der Waals surface area contributed by atoms with Gasteiger partial charge in [-0.25, -0.2) is 4.98 Å². The minimum Gasteiger partial charge on any atom is -0.395 e. The zero-order valence-corrected chi connectivity index (χ0v) is 9.62. The van der Waals surface area contributed by atoms with Crippen molar-refractivity contribution in [3.05, 3.63) is 19.9 Å². The monoisotopic (exact) mass is 296 g/mol. The third-order valence-corrected chi connectivity index (χ3v) is 2.17. The van der Waals surface area contributed by atoms with Crippen molar-refractivity contribution in [2.24, 2.45) is 0 Å². The fourth-order valence-corrected chi connectivity index (χ4v) is 1.39. The van der Waals surface area contributed by atoms with E-state index in [2.05, 4.69) is 31.2 Å². The first-order chi connectivity index (χ1) is 7.06. The second-order valence-corrected chi connectivity index (χ2v) is 3.49. The molecule has 0 aliphatic carbocycles. The SMILES string of the molecule is O=[N+]([O-])c1nc(Cl)c(NCCO)nc1Br. The summed E-state index contributed by atoms with van der Waals surface area (Å²) in [5, 5.41) is 21.6. The molecule has 0 fully saturated rings. The van der Waals surface area contributed by atoms with E-state index in [1.54, 1.807) is 0 Å². The Bertz CT molecular complexity index is 389. The van der Waals surface area contributed by atoms with E-state index in [1.807, 2.05) is 0 Å². The molecule has 0 saturated carbocycles. The number of aromatic nitrogens is 2. The van der Waals surface area contributed by atoms with Crippen LogP contribution in [0, 0.1) is 10.1 Å². The number of halogens is 2. The van der Waals surface area contributed by atoms with E-state index >= 15 is 0 Å². The number of nitro groups is 1. The smallest absolute Gasteiger partial charge is 0.395 e. The zero-order chi connectivity index (χ0) is 11.4. The van der Waals surface area contributed by atoms with E-state index in [0.29, 0.717) is 0 Å². The molecule has 1 rings (SSSR count). The summed E-state index contributed by atoms with van der Waals surface area (Å²) in [5.41, 5.74) is 0. The zero-order valence-electron chi connectivity index (χ0n) is 7.28. The topological polar surface area (TPSA) is 101 Å². The van der Waals surface area contributed by atoms with Crippen LogP contribution in [0.15, 0.2) is 4.60 Å². The second-order valence-electron chi connectivity index (χ2n) is 2.38. The van der Waals surface area contributed by atoms with Gasteiger partial charge in [0.15, 0.2) is 5.82 Å². The summed E-state index contributed by atoms with van der Waals surface area (Å²) >= 11 is 8.54. The number of nitrogens with zero attached hydrogens (tertiary/aromatic N) is 3. The van der Waals surface area contributed by atoms with Crippen LogP contribution < -0.4 is 5.32 Å². The van der Waals surface area contributed by atoms with Gasteiger partial charge >= 0.3 is 5.82 Å². The lowest BCUT2D eigenvalue weighted by Gasteiger charge is -2.03. The minimum atomic E-state index is -0.696. The molecule has 1 heterocycles. The Morgan fingerprint density at radius 3 is 2.80 bits per heavy atom. The van der Waals surface area contributed by atoms with E-state index in [-0.39, 0.29) is 28.7 Å². The molecule has 0 bridgehead atoms. The van der Waals surface area contributed by atoms with Gasteiger partial charge in [0.1, 0.15) is 0 Å². The third-order valence-electron chi connectivity index (χ3n) is 1.37. The predicted molar refractivity (Wildman–Crippen MR) is 57.0 cm³/mol. The highest BCUT2D eigenvalue weighted by molar-refractivity contribution is 9.10. The van der Waals surface area contributed by atoms with Crippen LogP contribution in [0.4, 0.5) is 11.6 Å². The lowest BCUT2D eigenvalue weighted by Crippen LogP contribution is -2.09. The van der Waals surface area contributed by atoms with Gasteiger partial charge in [0.05, 0.1) is 6.61 Å². The Balaban J connectivity index is 3.02. The quantitative estimate of drug-likeness (QED) is 0.640. The molecule has 0 radical (unpaired) electrons. The molecule has 2 N–H and O–H groups in total. The molecule has 0 aliphatic rings. The van der Waals surface area contributed by atoms with Gasteiger partial charge in [-0.05, 0) is 37.4 Å². The van der Waals surface area contributed by atoms with Crippen LogP contribution in [0.25, 0.3) is 0 Å². The third kappa shape index (κ3) is 2.98. The van der Waals surface area contributed by atoms with Crippen LogP contribution in [0.1, 0.15) is 0 Å². The molecule has 1 aromatic rings. The average molecular weight is 297 g/mol. The summed E-state index contributed by atoms with van der Waals surface area (Å²) < 4.78 is -0.0164. The number of aliphatic hydroxyl groups excluding tert-OH is 1. The highest BCUT2D eigenvalue weighted by atomic mass is 79.9. The maximum atomic E-state index is 10.5. The highest BCUT2D eigenvalue weighted by Crippen LogP contribution is 2.26. The van der Waals surface area contributed by atoms with Gasteiger partial charge in [-0.2, -0.15) is 0 Å². The van der Waals surface area contributed by atoms with Gasteiger partial charge in [0.25, 0.3) is 5.15 Å². The molecule has 0 aliphatic heterocycles. The molecule has 0 amide bonds. The summed E-state index contributed by atoms with van der Waals surface area (Å²) in [4.78, 5) is 17.1. The molecule has 9 heteroatoms. The summed E-state index contributed by atoms with van der Waals surface area (Å²) in [6, 6.07) is 0. The summed E-state index contributed by atoms with van der Waals surface area (Å²) in [6.45, 7) is 0.130. The predicted octanol–water partition coefficient (Wildman–Crippen LogP) is 1.20. The van der Waals surface area contributed by atoms with Crippen molar-refractivity contribution in [3.63, 3.8) is 0 Å². The molecule has 0 saturated heterocycles. The molecule has 0 spiro atoms. The maximum absolute atomic E-state index is 10.5. The average Bonchev–Trinajstić information content (AvgIpc) is 2.18. The van der Waals surface area contributed by atoms with Crippen LogP contribution in [-0.4, -0.2) is 33.1 Å². The van der Waals surface area contributed by atoms with Crippen LogP contribution in [0.2, 0.25) is 5.15 Å². The highest BCUT2D eigenvalue weighted by Gasteiger charge is 2.20. The molecular formula is C6H6BrClN4O3. The molecule has 0 unspecified atom stereocenters. The number of rotatable bonds is 4. The summed E-state index contributed by atoms with van der Waals surface area (Å²) in [6.07, 6.45) is 0. The molecule has 0 aromatic carbocycles. The number of anilines is 1. The van der Waals surface area contributed by atoms with Crippen LogP contribution in [0.3, 0.4) is 0 Å². The lowest BCUT2D eigenvalue weighted by atomic mass is 10.6. The van der Waals surface area contributed by atoms with Gasteiger partial charge < -0.3 is 20.5 Å². The van der Waals surface area contributed by atoms with E-state index in [1.165, 1.54) is 0 Å². The molecule has 82 valence electrons. The number of nitrogens with one attached hydrogen (secondary N) is 1. The largest absolute Gasteiger partial charge is 0.398 e. The van der Waals surface area contributed by atoms with Gasteiger partial charge in [-0.3, -0.25) is 0 Å². The van der Waals surface area contributed by atoms with Crippen molar-refractivity contribution >= 4 is 39.2 Å². The Kier molecular flexibility index (Phi) is 4.18. The number of hydrogen-bond donors (Lipinski definition) is 2. The van der Waals surface area contributed by atoms with Crippen molar-refractivity contribution in [1.82, 2.24) is 9.97 Å². The van der Waals surface area contributed by atoms with Gasteiger partial charge in [-0.15, -0.1) is 0 Å². The Morgan fingerprint density at radius 1 is 1.60 bits per heavy atom. The maximum Gasteiger partial charge on any atom is 0.398 e. The Hall–Kier alpha value is -0.990. The van der Waals surface area contributed by atoms with Gasteiger partial charge in [-0.1, -0.05) is 0 Å². The first-order valence-electron chi connectivity index (χ1n) is 3.78. The summed E-state index contributed by atoms with van der Waals surface area (Å²) in [7, 11) is 0. The van der Waals surface area contributed by atoms with Crippen molar-refractivity contribution in [3.8, 4) is 0 Å². The fourth-order valence-electron chi connectivity index (χ4n) is 0.789. The lowest BCUT2D eigenvalue weighted by molar-refractivity contribution is -0.390. The summed E-state index contributed by atoms with van der Waals surface area (Å²) in [5.74, 6) is -0.266. The van der Waals surface area contributed by atoms with E-state index in [0.717, 1.165) is 0 Å². The van der Waals surface area contributed by atoms with Crippen molar-refractivity contribution in [2.45, 2.75) is 0 Å². The minimum absolute atomic E-state index is 0.0164. The molecule has 1 aromatic heterocycles. The van der Waals surface area contributed by atoms with E-state index in [9.17, 15) is 10.1 Å². The van der Waals surface area contributed by atoms with E-state index < -0.39 is 10.7 Å². The number of hydrogen-bond acceptors (Lipinski definition) is 6. The molecule has 0 atom stereocenters.